The number of rotatable bonds is 2. The van der Waals surface area contributed by atoms with Crippen LogP contribution in [-0.2, 0) is 13.1 Å². The lowest BCUT2D eigenvalue weighted by atomic mass is 9.97. The molecule has 0 saturated carbocycles. The lowest BCUT2D eigenvalue weighted by Gasteiger charge is -2.22. The largest absolute Gasteiger partial charge is 0.321 e. The summed E-state index contributed by atoms with van der Waals surface area (Å²) in [5.74, 6) is -0.622. The van der Waals surface area contributed by atoms with E-state index in [9.17, 15) is 9.59 Å². The second kappa shape index (κ2) is 6.27. The Morgan fingerprint density at radius 3 is 2.71 bits per heavy atom. The quantitative estimate of drug-likeness (QED) is 0.644. The minimum Gasteiger partial charge on any atom is -0.321 e. The van der Waals surface area contributed by atoms with Crippen LogP contribution in [0.15, 0.2) is 36.5 Å². The zero-order valence-electron chi connectivity index (χ0n) is 15.9. The number of aromatic nitrogens is 3. The Kier molecular flexibility index (Phi) is 4.00. The first-order valence-corrected chi connectivity index (χ1v) is 8.99. The minimum atomic E-state index is -0.373. The number of nitriles is 1. The Morgan fingerprint density at radius 2 is 2.04 bits per heavy atom. The average Bonchev–Trinajstić information content (AvgIpc) is 3.18. The number of amides is 2. The molecule has 4 rings (SSSR count). The molecule has 7 heteroatoms. The third kappa shape index (κ3) is 2.93. The zero-order chi connectivity index (χ0) is 20.1. The predicted molar refractivity (Wildman–Crippen MR) is 102 cm³/mol. The van der Waals surface area contributed by atoms with Gasteiger partial charge in [-0.1, -0.05) is 39.0 Å². The van der Waals surface area contributed by atoms with Crippen LogP contribution in [0.2, 0.25) is 0 Å². The number of fused-ring (bicyclic) bond motifs is 2. The van der Waals surface area contributed by atoms with E-state index in [1.807, 2.05) is 18.2 Å². The molecule has 0 radical (unpaired) electrons. The van der Waals surface area contributed by atoms with Crippen molar-refractivity contribution >= 4 is 22.8 Å². The summed E-state index contributed by atoms with van der Waals surface area (Å²) in [5.41, 5.74) is 2.15. The van der Waals surface area contributed by atoms with Gasteiger partial charge >= 0.3 is 0 Å². The Labute approximate surface area is 162 Å². The second-order valence-electron chi connectivity index (χ2n) is 8.11. The molecule has 0 saturated heterocycles. The highest BCUT2D eigenvalue weighted by Gasteiger charge is 2.34. The molecule has 0 unspecified atom stereocenters. The van der Waals surface area contributed by atoms with Crippen LogP contribution >= 0.6 is 0 Å². The van der Waals surface area contributed by atoms with E-state index in [1.165, 1.54) is 11.1 Å². The molecule has 2 amide bonds. The summed E-state index contributed by atoms with van der Waals surface area (Å²) >= 11 is 0. The molecule has 7 nitrogen and oxygen atoms in total. The normalized spacial score (nSPS) is 13.6. The van der Waals surface area contributed by atoms with E-state index in [2.05, 4.69) is 30.7 Å². The van der Waals surface area contributed by atoms with Gasteiger partial charge in [-0.05, 0) is 23.1 Å². The van der Waals surface area contributed by atoms with Crippen LogP contribution in [0.1, 0.15) is 53.0 Å². The molecule has 0 aliphatic carbocycles. The Balaban J connectivity index is 1.82. The first-order valence-electron chi connectivity index (χ1n) is 8.99. The van der Waals surface area contributed by atoms with E-state index in [4.69, 9.17) is 5.26 Å². The van der Waals surface area contributed by atoms with Crippen molar-refractivity contribution in [1.82, 2.24) is 19.4 Å². The molecule has 2 aromatic heterocycles. The first-order chi connectivity index (χ1) is 13.3. The average molecular weight is 373 g/mol. The van der Waals surface area contributed by atoms with Crippen LogP contribution in [0.4, 0.5) is 0 Å². The summed E-state index contributed by atoms with van der Waals surface area (Å²) in [6, 6.07) is 10.9. The van der Waals surface area contributed by atoms with E-state index in [-0.39, 0.29) is 29.6 Å². The number of hydrogen-bond acceptors (Lipinski definition) is 5. The van der Waals surface area contributed by atoms with E-state index in [0.717, 1.165) is 5.56 Å². The minimum absolute atomic E-state index is 0.0458. The van der Waals surface area contributed by atoms with Crippen molar-refractivity contribution in [2.24, 2.45) is 5.41 Å². The van der Waals surface area contributed by atoms with Crippen LogP contribution < -0.4 is 0 Å². The lowest BCUT2D eigenvalue weighted by Crippen LogP contribution is -2.33. The summed E-state index contributed by atoms with van der Waals surface area (Å²) in [6.45, 7) is 6.91. The number of benzene rings is 1. The smallest absolute Gasteiger partial charge is 0.277 e. The molecule has 0 bridgehead atoms. The number of carbonyl (C=O) groups excluding carboxylic acids is 2. The number of imide groups is 1. The lowest BCUT2D eigenvalue weighted by molar-refractivity contribution is 0.0623. The molecule has 0 N–H and O–H groups in total. The summed E-state index contributed by atoms with van der Waals surface area (Å²) in [6.07, 6.45) is 1.54. The van der Waals surface area contributed by atoms with Gasteiger partial charge in [0.05, 0.1) is 6.54 Å². The van der Waals surface area contributed by atoms with Gasteiger partial charge in [-0.25, -0.2) is 9.97 Å². The first kappa shape index (κ1) is 17.9. The molecule has 0 atom stereocenters. The Hall–Kier alpha value is -3.53. The summed E-state index contributed by atoms with van der Waals surface area (Å²) < 4.78 is 1.79. The van der Waals surface area contributed by atoms with Gasteiger partial charge in [-0.15, -0.1) is 0 Å². The van der Waals surface area contributed by atoms with Crippen molar-refractivity contribution in [2.75, 3.05) is 0 Å². The highest BCUT2D eigenvalue weighted by molar-refractivity contribution is 6.13. The van der Waals surface area contributed by atoms with E-state index in [1.54, 1.807) is 22.8 Å². The monoisotopic (exact) mass is 373 g/mol. The molecular formula is C21H19N5O2. The van der Waals surface area contributed by atoms with Crippen molar-refractivity contribution in [3.05, 3.63) is 59.2 Å². The molecular weight excluding hydrogens is 354 g/mol. The summed E-state index contributed by atoms with van der Waals surface area (Å²) in [4.78, 5) is 35.6. The van der Waals surface area contributed by atoms with Crippen LogP contribution in [0, 0.1) is 16.7 Å². The van der Waals surface area contributed by atoms with Crippen molar-refractivity contribution in [3.8, 4) is 6.07 Å². The maximum Gasteiger partial charge on any atom is 0.277 e. The topological polar surface area (TPSA) is 91.9 Å². The molecule has 1 aliphatic rings. The number of nitrogens with zero attached hydrogens (tertiary/aromatic N) is 5. The van der Waals surface area contributed by atoms with E-state index >= 15 is 0 Å². The SMILES string of the molecule is CC(C)(C)Cn1c(C(=O)N2Cc3ccccc3C2=O)cc2cnc(C#N)nc21. The maximum atomic E-state index is 13.3. The van der Waals surface area contributed by atoms with Gasteiger partial charge in [0.25, 0.3) is 11.8 Å². The van der Waals surface area contributed by atoms with Crippen molar-refractivity contribution in [1.29, 1.82) is 5.26 Å². The molecule has 0 fully saturated rings. The van der Waals surface area contributed by atoms with Gasteiger partial charge in [0.1, 0.15) is 17.4 Å². The van der Waals surface area contributed by atoms with E-state index < -0.39 is 0 Å². The highest BCUT2D eigenvalue weighted by Crippen LogP contribution is 2.28. The third-order valence-corrected chi connectivity index (χ3v) is 4.65. The van der Waals surface area contributed by atoms with Crippen molar-refractivity contribution in [3.63, 3.8) is 0 Å². The molecule has 0 spiro atoms. The molecule has 1 aromatic carbocycles. The summed E-state index contributed by atoms with van der Waals surface area (Å²) in [5, 5.41) is 9.80. The van der Waals surface area contributed by atoms with Crippen LogP contribution in [-0.4, -0.2) is 31.2 Å². The van der Waals surface area contributed by atoms with Gasteiger partial charge < -0.3 is 4.57 Å². The van der Waals surface area contributed by atoms with Crippen molar-refractivity contribution in [2.45, 2.75) is 33.9 Å². The van der Waals surface area contributed by atoms with Gasteiger partial charge in [-0.3, -0.25) is 14.5 Å². The van der Waals surface area contributed by atoms with Gasteiger partial charge in [0.2, 0.25) is 5.82 Å². The standard InChI is InChI=1S/C21H19N5O2/c1-21(2,3)12-26-16(8-14-10-23-17(9-22)24-18(14)26)20(28)25-11-13-6-4-5-7-15(13)19(25)27/h4-8,10H,11-12H2,1-3H3. The van der Waals surface area contributed by atoms with E-state index in [0.29, 0.717) is 28.8 Å². The summed E-state index contributed by atoms with van der Waals surface area (Å²) in [7, 11) is 0. The third-order valence-electron chi connectivity index (χ3n) is 4.65. The van der Waals surface area contributed by atoms with Crippen LogP contribution in [0.3, 0.4) is 0 Å². The number of hydrogen-bond donors (Lipinski definition) is 0. The maximum absolute atomic E-state index is 13.3. The van der Waals surface area contributed by atoms with Gasteiger partial charge in [0.15, 0.2) is 0 Å². The molecule has 1 aliphatic heterocycles. The number of carbonyl (C=O) groups is 2. The molecule has 3 aromatic rings. The Bertz CT molecular complexity index is 1160. The fourth-order valence-corrected chi connectivity index (χ4v) is 3.46. The van der Waals surface area contributed by atoms with Crippen LogP contribution in [0.25, 0.3) is 11.0 Å². The fourth-order valence-electron chi connectivity index (χ4n) is 3.46. The van der Waals surface area contributed by atoms with Crippen molar-refractivity contribution < 1.29 is 9.59 Å². The zero-order valence-corrected chi connectivity index (χ0v) is 15.9. The van der Waals surface area contributed by atoms with Gasteiger partial charge in [0, 0.05) is 23.7 Å². The Morgan fingerprint density at radius 1 is 1.29 bits per heavy atom. The van der Waals surface area contributed by atoms with Crippen LogP contribution in [0.5, 0.6) is 0 Å². The second-order valence-corrected chi connectivity index (χ2v) is 8.11. The fraction of sp³-hybridized carbons (Fsp3) is 0.286. The molecule has 140 valence electrons. The molecule has 3 heterocycles. The predicted octanol–water partition coefficient (Wildman–Crippen LogP) is 3.15. The molecule has 28 heavy (non-hydrogen) atoms. The van der Waals surface area contributed by atoms with Gasteiger partial charge in [-0.2, -0.15) is 5.26 Å². The highest BCUT2D eigenvalue weighted by atomic mass is 16.2.